The topological polar surface area (TPSA) is 208 Å². The number of ether oxygens (including phenoxy) is 1. The minimum atomic E-state index is -1.82. The highest BCUT2D eigenvalue weighted by Gasteiger charge is 2.20. The molecule has 38 heavy (non-hydrogen) atoms. The number of likely N-dealkylation sites (N-methyl/N-ethyl adjacent to an activating group) is 1. The van der Waals surface area contributed by atoms with E-state index in [-0.39, 0.29) is 5.97 Å². The van der Waals surface area contributed by atoms with E-state index >= 15 is 0 Å². The summed E-state index contributed by atoms with van der Waals surface area (Å²) in [6.07, 6.45) is 1.72. The van der Waals surface area contributed by atoms with E-state index < -0.39 is 23.9 Å². The lowest BCUT2D eigenvalue weighted by atomic mass is 10.1. The van der Waals surface area contributed by atoms with Gasteiger partial charge < -0.3 is 34.6 Å². The Morgan fingerprint density at radius 2 is 1.50 bits per heavy atom. The number of carboxylic acid groups (broad SMARTS) is 4. The summed E-state index contributed by atoms with van der Waals surface area (Å²) in [7, 11) is 3.48. The Morgan fingerprint density at radius 1 is 0.974 bits per heavy atom. The Bertz CT molecular complexity index is 1120. The molecule has 1 aliphatic rings. The first-order valence-corrected chi connectivity index (χ1v) is 11.1. The van der Waals surface area contributed by atoms with Gasteiger partial charge in [-0.25, -0.2) is 24.0 Å². The van der Waals surface area contributed by atoms with Gasteiger partial charge in [-0.15, -0.1) is 0 Å². The number of piperazine rings is 1. The molecule has 15 heteroatoms. The van der Waals surface area contributed by atoms with Gasteiger partial charge in [-0.2, -0.15) is 0 Å². The van der Waals surface area contributed by atoms with Crippen LogP contribution in [0.15, 0.2) is 40.4 Å². The van der Waals surface area contributed by atoms with Gasteiger partial charge >= 0.3 is 29.8 Å². The Kier molecular flexibility index (Phi) is 13.2. The highest BCUT2D eigenvalue weighted by Crippen LogP contribution is 2.28. The summed E-state index contributed by atoms with van der Waals surface area (Å²) in [6.45, 7) is 4.31. The van der Waals surface area contributed by atoms with E-state index in [0.717, 1.165) is 31.7 Å². The second-order valence-electron chi connectivity index (χ2n) is 7.56. The highest BCUT2D eigenvalue weighted by molar-refractivity contribution is 6.33. The number of methoxy groups -OCH3 is 1. The normalized spacial score (nSPS) is 13.7. The Hall–Kier alpha value is -4.27. The lowest BCUT2D eigenvalue weighted by Gasteiger charge is -2.32. The number of benzene rings is 1. The fraction of sp³-hybridized carbons (Fsp3) is 0.304. The molecule has 3 rings (SSSR count). The van der Waals surface area contributed by atoms with Crippen LogP contribution in [0.25, 0.3) is 17.4 Å². The standard InChI is InChI=1S/C19H22ClN3O3.2C2H2O4/c1-22-7-9-23(10-8-22)13-14(19(24)25-2)11-15-12-18(26-21-15)16-5-3-4-6-17(16)20;2*3-1(4)2(5)6/h3-6,11-12H,7-10,13H2,1-2H3;2*(H,3,4)(H,5,6). The van der Waals surface area contributed by atoms with Crippen molar-refractivity contribution in [3.05, 3.63) is 46.6 Å². The molecule has 14 nitrogen and oxygen atoms in total. The van der Waals surface area contributed by atoms with E-state index in [1.807, 2.05) is 18.2 Å². The molecule has 1 aromatic carbocycles. The molecule has 0 saturated carbocycles. The van der Waals surface area contributed by atoms with Gasteiger partial charge in [-0.05, 0) is 25.3 Å². The summed E-state index contributed by atoms with van der Waals surface area (Å²) >= 11 is 6.20. The minimum absolute atomic E-state index is 0.355. The third-order valence-corrected chi connectivity index (χ3v) is 5.12. The van der Waals surface area contributed by atoms with Gasteiger partial charge in [0.25, 0.3) is 0 Å². The monoisotopic (exact) mass is 555 g/mol. The maximum Gasteiger partial charge on any atom is 0.414 e. The van der Waals surface area contributed by atoms with Gasteiger partial charge in [-0.3, -0.25) is 4.90 Å². The summed E-state index contributed by atoms with van der Waals surface area (Å²) in [5.41, 5.74) is 1.88. The predicted molar refractivity (Wildman–Crippen MR) is 131 cm³/mol. The summed E-state index contributed by atoms with van der Waals surface area (Å²) < 4.78 is 10.3. The van der Waals surface area contributed by atoms with Crippen LogP contribution in [-0.4, -0.2) is 112 Å². The van der Waals surface area contributed by atoms with Crippen molar-refractivity contribution < 1.29 is 53.7 Å². The second-order valence-corrected chi connectivity index (χ2v) is 7.96. The lowest BCUT2D eigenvalue weighted by molar-refractivity contribution is -0.159. The number of halogens is 1. The number of aromatic nitrogens is 1. The number of hydrogen-bond donors (Lipinski definition) is 4. The molecule has 1 saturated heterocycles. The summed E-state index contributed by atoms with van der Waals surface area (Å²) in [6, 6.07) is 9.17. The van der Waals surface area contributed by atoms with Gasteiger partial charge in [-0.1, -0.05) is 28.9 Å². The van der Waals surface area contributed by atoms with Gasteiger partial charge in [0.1, 0.15) is 5.69 Å². The van der Waals surface area contributed by atoms with E-state index in [1.54, 1.807) is 18.2 Å². The molecule has 0 bridgehead atoms. The zero-order valence-corrected chi connectivity index (χ0v) is 21.1. The van der Waals surface area contributed by atoms with Crippen LogP contribution >= 0.6 is 11.6 Å². The summed E-state index contributed by atoms with van der Waals surface area (Å²) in [5.74, 6) is -7.09. The minimum Gasteiger partial charge on any atom is -0.473 e. The third-order valence-electron chi connectivity index (χ3n) is 4.79. The molecule has 2 heterocycles. The van der Waals surface area contributed by atoms with E-state index in [0.29, 0.717) is 28.6 Å². The molecular weight excluding hydrogens is 530 g/mol. The maximum absolute atomic E-state index is 12.2. The van der Waals surface area contributed by atoms with Crippen molar-refractivity contribution in [3.63, 3.8) is 0 Å². The van der Waals surface area contributed by atoms with Crippen molar-refractivity contribution in [2.24, 2.45) is 0 Å². The van der Waals surface area contributed by atoms with E-state index in [9.17, 15) is 4.79 Å². The molecule has 1 aliphatic heterocycles. The molecule has 1 aromatic heterocycles. The molecule has 2 aromatic rings. The van der Waals surface area contributed by atoms with E-state index in [4.69, 9.17) is 60.5 Å². The maximum atomic E-state index is 12.2. The number of aliphatic carboxylic acids is 4. The van der Waals surface area contributed by atoms with E-state index in [2.05, 4.69) is 22.0 Å². The average Bonchev–Trinajstić information content (AvgIpc) is 3.33. The largest absolute Gasteiger partial charge is 0.473 e. The quantitative estimate of drug-likeness (QED) is 0.231. The van der Waals surface area contributed by atoms with Gasteiger partial charge in [0, 0.05) is 44.4 Å². The van der Waals surface area contributed by atoms with Crippen molar-refractivity contribution in [2.75, 3.05) is 46.9 Å². The first-order valence-electron chi connectivity index (χ1n) is 10.7. The molecule has 0 radical (unpaired) electrons. The van der Waals surface area contributed by atoms with Crippen molar-refractivity contribution in [1.82, 2.24) is 15.0 Å². The molecule has 0 unspecified atom stereocenters. The van der Waals surface area contributed by atoms with Crippen molar-refractivity contribution in [2.45, 2.75) is 0 Å². The molecule has 1 fully saturated rings. The first kappa shape index (κ1) is 31.8. The number of carbonyl (C=O) groups excluding carboxylic acids is 1. The van der Waals surface area contributed by atoms with Gasteiger partial charge in [0.15, 0.2) is 5.76 Å². The predicted octanol–water partition coefficient (Wildman–Crippen LogP) is 1.11. The van der Waals surface area contributed by atoms with Crippen molar-refractivity contribution in [1.29, 1.82) is 0 Å². The van der Waals surface area contributed by atoms with Crippen molar-refractivity contribution >= 4 is 47.5 Å². The second kappa shape index (κ2) is 15.8. The highest BCUT2D eigenvalue weighted by atomic mass is 35.5. The summed E-state index contributed by atoms with van der Waals surface area (Å²) in [4.78, 5) is 53.1. The molecule has 4 N–H and O–H groups in total. The van der Waals surface area contributed by atoms with Crippen LogP contribution in [0.2, 0.25) is 5.02 Å². The van der Waals surface area contributed by atoms with Gasteiger partial charge in [0.05, 0.1) is 17.7 Å². The Morgan fingerprint density at radius 3 is 1.97 bits per heavy atom. The average molecular weight is 556 g/mol. The summed E-state index contributed by atoms with van der Waals surface area (Å²) in [5, 5.41) is 34.2. The fourth-order valence-electron chi connectivity index (χ4n) is 2.87. The van der Waals surface area contributed by atoms with Crippen LogP contribution < -0.4 is 0 Å². The van der Waals surface area contributed by atoms with Crippen LogP contribution in [0.3, 0.4) is 0 Å². The number of carbonyl (C=O) groups is 5. The van der Waals surface area contributed by atoms with Crippen LogP contribution in [-0.2, 0) is 28.7 Å². The zero-order chi connectivity index (χ0) is 28.8. The van der Waals surface area contributed by atoms with Crippen LogP contribution in [0, 0.1) is 0 Å². The molecule has 206 valence electrons. The lowest BCUT2D eigenvalue weighted by Crippen LogP contribution is -2.45. The molecule has 0 atom stereocenters. The van der Waals surface area contributed by atoms with Crippen molar-refractivity contribution in [3.8, 4) is 11.3 Å². The molecule has 0 spiro atoms. The number of carboxylic acids is 4. The van der Waals surface area contributed by atoms with Crippen LogP contribution in [0.4, 0.5) is 0 Å². The van der Waals surface area contributed by atoms with Crippen LogP contribution in [0.5, 0.6) is 0 Å². The smallest absolute Gasteiger partial charge is 0.414 e. The Labute approximate surface area is 221 Å². The van der Waals surface area contributed by atoms with Gasteiger partial charge in [0.2, 0.25) is 0 Å². The SMILES string of the molecule is COC(=O)C(=Cc1cc(-c2ccccc2Cl)on1)CN1CCN(C)CC1.O=C(O)C(=O)O.O=C(O)C(=O)O. The molecule has 0 aliphatic carbocycles. The zero-order valence-electron chi connectivity index (χ0n) is 20.4. The van der Waals surface area contributed by atoms with E-state index in [1.165, 1.54) is 7.11 Å². The molecular formula is C23H26ClN3O11. The number of nitrogens with zero attached hydrogens (tertiary/aromatic N) is 3. The fourth-order valence-corrected chi connectivity index (χ4v) is 3.10. The number of rotatable bonds is 5. The number of hydrogen-bond acceptors (Lipinski definition) is 10. The number of esters is 1. The third kappa shape index (κ3) is 11.2. The first-order chi connectivity index (χ1) is 17.8. The van der Waals surface area contributed by atoms with Crippen LogP contribution in [0.1, 0.15) is 5.69 Å². The Balaban J connectivity index is 0.000000503. The molecule has 0 amide bonds.